The van der Waals surface area contributed by atoms with E-state index in [-0.39, 0.29) is 29.8 Å². The summed E-state index contributed by atoms with van der Waals surface area (Å²) in [5, 5.41) is 5.78. The second-order valence-electron chi connectivity index (χ2n) is 9.95. The summed E-state index contributed by atoms with van der Waals surface area (Å²) in [5.74, 6) is 0.972. The van der Waals surface area contributed by atoms with Crippen LogP contribution in [0.5, 0.6) is 11.5 Å². The third-order valence-corrected chi connectivity index (χ3v) is 6.37. The van der Waals surface area contributed by atoms with Gasteiger partial charge in [-0.25, -0.2) is 4.79 Å². The van der Waals surface area contributed by atoms with Crippen molar-refractivity contribution in [1.82, 2.24) is 15.5 Å². The predicted molar refractivity (Wildman–Crippen MR) is 114 cm³/mol. The van der Waals surface area contributed by atoms with E-state index in [9.17, 15) is 14.4 Å². The summed E-state index contributed by atoms with van der Waals surface area (Å²) < 4.78 is 11.1. The number of benzene rings is 1. The predicted octanol–water partition coefficient (Wildman–Crippen LogP) is 2.77. The number of carbonyl (C=O) groups excluding carboxylic acids is 3. The number of ether oxygens (including phenoxy) is 2. The van der Waals surface area contributed by atoms with Crippen molar-refractivity contribution < 1.29 is 23.9 Å². The van der Waals surface area contributed by atoms with Gasteiger partial charge in [0.15, 0.2) is 11.5 Å². The van der Waals surface area contributed by atoms with Crippen LogP contribution in [-0.4, -0.2) is 48.0 Å². The minimum atomic E-state index is -0.903. The Labute approximate surface area is 182 Å². The van der Waals surface area contributed by atoms with Crippen LogP contribution in [0, 0.1) is 11.3 Å². The molecule has 2 aliphatic heterocycles. The highest BCUT2D eigenvalue weighted by atomic mass is 16.6. The van der Waals surface area contributed by atoms with E-state index in [2.05, 4.69) is 31.4 Å². The molecule has 0 radical (unpaired) electrons. The first-order valence-electron chi connectivity index (χ1n) is 10.9. The molecule has 2 heterocycles. The molecule has 8 heteroatoms. The Morgan fingerprint density at radius 1 is 1.23 bits per heavy atom. The van der Waals surface area contributed by atoms with Gasteiger partial charge in [-0.15, -0.1) is 0 Å². The third-order valence-electron chi connectivity index (χ3n) is 6.37. The van der Waals surface area contributed by atoms with Crippen LogP contribution < -0.4 is 20.1 Å². The van der Waals surface area contributed by atoms with Gasteiger partial charge in [0.2, 0.25) is 5.91 Å². The first-order chi connectivity index (χ1) is 14.6. The van der Waals surface area contributed by atoms with Crippen molar-refractivity contribution in [3.63, 3.8) is 0 Å². The number of rotatable bonds is 4. The fourth-order valence-electron chi connectivity index (χ4n) is 5.49. The van der Waals surface area contributed by atoms with Gasteiger partial charge in [-0.2, -0.15) is 0 Å². The lowest BCUT2D eigenvalue weighted by Crippen LogP contribution is -2.54. The monoisotopic (exact) mass is 429 g/mol. The molecule has 0 unspecified atom stereocenters. The molecule has 8 nitrogen and oxygen atoms in total. The largest absolute Gasteiger partial charge is 0.486 e. The first-order valence-corrected chi connectivity index (χ1v) is 10.9. The Morgan fingerprint density at radius 3 is 2.65 bits per heavy atom. The van der Waals surface area contributed by atoms with Crippen molar-refractivity contribution in [3.8, 4) is 11.5 Å². The summed E-state index contributed by atoms with van der Waals surface area (Å²) in [6.07, 6.45) is 2.19. The molecule has 1 saturated carbocycles. The summed E-state index contributed by atoms with van der Waals surface area (Å²) in [5.41, 5.74) is -0.0971. The molecule has 3 aliphatic rings. The molecule has 2 fully saturated rings. The Balaban J connectivity index is 1.41. The summed E-state index contributed by atoms with van der Waals surface area (Å²) in [6, 6.07) is 4.73. The zero-order valence-corrected chi connectivity index (χ0v) is 18.6. The average molecular weight is 430 g/mol. The molecule has 4 rings (SSSR count). The van der Waals surface area contributed by atoms with Crippen molar-refractivity contribution in [2.45, 2.75) is 58.5 Å². The smallest absolute Gasteiger partial charge is 0.325 e. The molecule has 168 valence electrons. The van der Waals surface area contributed by atoms with E-state index < -0.39 is 11.6 Å². The van der Waals surface area contributed by atoms with Crippen molar-refractivity contribution in [2.24, 2.45) is 11.3 Å². The van der Waals surface area contributed by atoms with Crippen LogP contribution in [0.25, 0.3) is 0 Å². The number of imide groups is 1. The summed E-state index contributed by atoms with van der Waals surface area (Å²) >= 11 is 0. The van der Waals surface area contributed by atoms with Gasteiger partial charge in [0.1, 0.15) is 25.3 Å². The number of hydrogen-bond acceptors (Lipinski definition) is 5. The van der Waals surface area contributed by atoms with E-state index in [0.717, 1.165) is 16.9 Å². The second-order valence-corrected chi connectivity index (χ2v) is 9.95. The van der Waals surface area contributed by atoms with Crippen LogP contribution in [0.3, 0.4) is 0 Å². The second kappa shape index (κ2) is 7.73. The van der Waals surface area contributed by atoms with E-state index in [1.54, 1.807) is 0 Å². The van der Waals surface area contributed by atoms with Gasteiger partial charge in [-0.3, -0.25) is 14.5 Å². The van der Waals surface area contributed by atoms with E-state index >= 15 is 0 Å². The van der Waals surface area contributed by atoms with Gasteiger partial charge < -0.3 is 20.1 Å². The maximum Gasteiger partial charge on any atom is 0.325 e. The van der Waals surface area contributed by atoms with Gasteiger partial charge in [0.25, 0.3) is 5.91 Å². The normalized spacial score (nSPS) is 27.7. The summed E-state index contributed by atoms with van der Waals surface area (Å²) in [4.78, 5) is 39.6. The zero-order valence-electron chi connectivity index (χ0n) is 18.6. The van der Waals surface area contributed by atoms with E-state index in [1.807, 2.05) is 25.1 Å². The van der Waals surface area contributed by atoms with E-state index in [1.165, 1.54) is 0 Å². The molecule has 31 heavy (non-hydrogen) atoms. The van der Waals surface area contributed by atoms with Gasteiger partial charge >= 0.3 is 6.03 Å². The Hall–Kier alpha value is -2.77. The van der Waals surface area contributed by atoms with E-state index in [4.69, 9.17) is 9.47 Å². The zero-order chi connectivity index (χ0) is 22.4. The average Bonchev–Trinajstić information content (AvgIpc) is 2.89. The number of carbonyl (C=O) groups is 3. The van der Waals surface area contributed by atoms with Crippen LogP contribution in [-0.2, 0) is 9.59 Å². The van der Waals surface area contributed by atoms with E-state index in [0.29, 0.717) is 43.5 Å². The lowest BCUT2D eigenvalue weighted by molar-refractivity contribution is -0.137. The molecule has 1 spiro atoms. The molecule has 1 aliphatic carbocycles. The van der Waals surface area contributed by atoms with Gasteiger partial charge in [-0.1, -0.05) is 26.8 Å². The number of fused-ring (bicyclic) bond motifs is 1. The van der Waals surface area contributed by atoms with Crippen LogP contribution >= 0.6 is 0 Å². The molecule has 1 saturated heterocycles. The van der Waals surface area contributed by atoms with Gasteiger partial charge in [0.05, 0.1) is 6.04 Å². The Morgan fingerprint density at radius 2 is 1.94 bits per heavy atom. The molecule has 0 bridgehead atoms. The molecular formula is C23H31N3O5. The number of amides is 4. The molecule has 1 aromatic carbocycles. The standard InChI is InChI=1S/C23H31N3O5/c1-14-10-22(3,4)13-23(11-14)20(28)26(21(29)25-23)12-19(27)24-15(2)16-5-6-17-18(9-16)31-8-7-30-17/h5-6,9,14-15H,7-8,10-13H2,1-4H3,(H,24,27)(H,25,29)/t14-,15+,23-/m0/s1. The van der Waals surface area contributed by atoms with Gasteiger partial charge in [-0.05, 0) is 55.2 Å². The van der Waals surface area contributed by atoms with Crippen molar-refractivity contribution in [2.75, 3.05) is 19.8 Å². The van der Waals surface area contributed by atoms with Crippen LogP contribution in [0.15, 0.2) is 18.2 Å². The molecule has 0 aromatic heterocycles. The highest BCUT2D eigenvalue weighted by Crippen LogP contribution is 2.46. The topological polar surface area (TPSA) is 97.0 Å². The number of nitrogens with one attached hydrogen (secondary N) is 2. The molecule has 4 amide bonds. The molecule has 2 N–H and O–H groups in total. The lowest BCUT2D eigenvalue weighted by atomic mass is 9.64. The summed E-state index contributed by atoms with van der Waals surface area (Å²) in [6.45, 7) is 8.90. The van der Waals surface area contributed by atoms with Crippen LogP contribution in [0.4, 0.5) is 4.79 Å². The van der Waals surface area contributed by atoms with Crippen molar-refractivity contribution in [3.05, 3.63) is 23.8 Å². The maximum atomic E-state index is 13.2. The van der Waals surface area contributed by atoms with Crippen molar-refractivity contribution >= 4 is 17.8 Å². The van der Waals surface area contributed by atoms with Crippen LogP contribution in [0.1, 0.15) is 58.6 Å². The van der Waals surface area contributed by atoms with Gasteiger partial charge in [0, 0.05) is 0 Å². The number of hydrogen-bond donors (Lipinski definition) is 2. The molecule has 1 aromatic rings. The third kappa shape index (κ3) is 4.20. The fraction of sp³-hybridized carbons (Fsp3) is 0.609. The Bertz CT molecular complexity index is 914. The number of urea groups is 1. The SMILES string of the molecule is C[C@H]1CC(C)(C)C[C@]2(C1)NC(=O)N(CC(=O)N[C@H](C)c1ccc3c(c1)OCCO3)C2=O. The Kier molecular flexibility index (Phi) is 5.35. The fourth-order valence-corrected chi connectivity index (χ4v) is 5.49. The quantitative estimate of drug-likeness (QED) is 0.718. The maximum absolute atomic E-state index is 13.2. The van der Waals surface area contributed by atoms with Crippen LogP contribution in [0.2, 0.25) is 0 Å². The first kappa shape index (κ1) is 21.5. The summed E-state index contributed by atoms with van der Waals surface area (Å²) in [7, 11) is 0. The van der Waals surface area contributed by atoms with Crippen molar-refractivity contribution in [1.29, 1.82) is 0 Å². The minimum absolute atomic E-state index is 0.0500. The molecular weight excluding hydrogens is 398 g/mol. The minimum Gasteiger partial charge on any atom is -0.486 e. The number of nitrogens with zero attached hydrogens (tertiary/aromatic N) is 1. The highest BCUT2D eigenvalue weighted by molar-refractivity contribution is 6.09. The highest BCUT2D eigenvalue weighted by Gasteiger charge is 2.56. The lowest BCUT2D eigenvalue weighted by Gasteiger charge is -2.43. The molecule has 3 atom stereocenters.